The Morgan fingerprint density at radius 2 is 2.05 bits per heavy atom. The Morgan fingerprint density at radius 1 is 1.21 bits per heavy atom. The highest BCUT2D eigenvalue weighted by Crippen LogP contribution is 2.40. The van der Waals surface area contributed by atoms with Crippen molar-refractivity contribution in [1.82, 2.24) is 25.2 Å². The van der Waals surface area contributed by atoms with Crippen LogP contribution < -0.4 is 26.5 Å². The molecule has 0 radical (unpaired) electrons. The van der Waals surface area contributed by atoms with Gasteiger partial charge in [-0.25, -0.2) is 9.37 Å². The summed E-state index contributed by atoms with van der Waals surface area (Å²) in [5.41, 5.74) is 7.47. The maximum atomic E-state index is 14.4. The van der Waals surface area contributed by atoms with E-state index in [0.29, 0.717) is 17.9 Å². The third kappa shape index (κ3) is 4.00. The minimum atomic E-state index is -1.10. The van der Waals surface area contributed by atoms with Crippen LogP contribution in [-0.4, -0.2) is 34.2 Å². The molecule has 0 unspecified atom stereocenters. The zero-order chi connectivity index (χ0) is 26.3. The molecule has 1 aromatic carbocycles. The molecule has 3 aromatic heterocycles. The van der Waals surface area contributed by atoms with Crippen molar-refractivity contribution in [3.63, 3.8) is 0 Å². The summed E-state index contributed by atoms with van der Waals surface area (Å²) in [7, 11) is 0. The number of benzene rings is 1. The Kier molecular flexibility index (Phi) is 6.29. The van der Waals surface area contributed by atoms with Gasteiger partial charge in [-0.3, -0.25) is 15.1 Å². The summed E-state index contributed by atoms with van der Waals surface area (Å²) in [5, 5.41) is 7.33. The van der Waals surface area contributed by atoms with Gasteiger partial charge < -0.3 is 20.4 Å². The van der Waals surface area contributed by atoms with Crippen LogP contribution in [0.4, 0.5) is 14.6 Å². The van der Waals surface area contributed by atoms with E-state index < -0.39 is 17.2 Å². The van der Waals surface area contributed by atoms with E-state index in [1.54, 1.807) is 35.4 Å². The second kappa shape index (κ2) is 9.77. The number of ether oxygens (including phenoxy) is 1. The molecule has 196 valence electrons. The van der Waals surface area contributed by atoms with E-state index in [9.17, 15) is 13.6 Å². The number of pyridine rings is 3. The van der Waals surface area contributed by atoms with Gasteiger partial charge in [-0.05, 0) is 60.7 Å². The summed E-state index contributed by atoms with van der Waals surface area (Å²) >= 11 is 0. The molecule has 1 fully saturated rings. The molecule has 0 saturated carbocycles. The van der Waals surface area contributed by atoms with E-state index in [4.69, 9.17) is 10.5 Å². The minimum absolute atomic E-state index is 0.0981. The van der Waals surface area contributed by atoms with E-state index in [0.717, 1.165) is 43.1 Å². The van der Waals surface area contributed by atoms with Crippen LogP contribution >= 0.6 is 0 Å². The maximum absolute atomic E-state index is 14.4. The van der Waals surface area contributed by atoms with Crippen molar-refractivity contribution in [2.45, 2.75) is 31.5 Å². The quantitative estimate of drug-likeness (QED) is 0.360. The van der Waals surface area contributed by atoms with Gasteiger partial charge in [0.05, 0.1) is 23.0 Å². The van der Waals surface area contributed by atoms with Crippen LogP contribution in [0.15, 0.2) is 59.9 Å². The second-order valence-corrected chi connectivity index (χ2v) is 9.84. The molecular formula is C28H28F2N6O2. The molecule has 4 N–H and O–H groups in total. The fourth-order valence-electron chi connectivity index (χ4n) is 5.91. The molecule has 8 nitrogen and oxygen atoms in total. The number of anilines is 1. The molecule has 2 aliphatic heterocycles. The molecule has 0 amide bonds. The summed E-state index contributed by atoms with van der Waals surface area (Å²) in [4.78, 5) is 22.2. The second-order valence-electron chi connectivity index (χ2n) is 9.84. The van der Waals surface area contributed by atoms with Crippen molar-refractivity contribution in [1.29, 1.82) is 0 Å². The van der Waals surface area contributed by atoms with Gasteiger partial charge in [-0.2, -0.15) is 4.39 Å². The number of piperidine rings is 1. The Balaban J connectivity index is 1.50. The van der Waals surface area contributed by atoms with Gasteiger partial charge in [0.25, 0.3) is 0 Å². The zero-order valence-corrected chi connectivity index (χ0v) is 20.7. The molecule has 10 heteroatoms. The van der Waals surface area contributed by atoms with Crippen molar-refractivity contribution < 1.29 is 13.5 Å². The number of rotatable bonds is 6. The molecular weight excluding hydrogens is 490 g/mol. The molecule has 4 aromatic rings. The maximum Gasteiger partial charge on any atom is 0.202 e. The lowest BCUT2D eigenvalue weighted by atomic mass is 9.70. The molecule has 2 aliphatic rings. The van der Waals surface area contributed by atoms with Crippen molar-refractivity contribution in [3.8, 4) is 5.75 Å². The van der Waals surface area contributed by atoms with Crippen LogP contribution in [-0.2, 0) is 18.6 Å². The largest absolute Gasteiger partial charge is 0.486 e. The van der Waals surface area contributed by atoms with Crippen LogP contribution in [0.25, 0.3) is 10.9 Å². The third-order valence-electron chi connectivity index (χ3n) is 7.71. The number of aromatic nitrogens is 3. The first-order chi connectivity index (χ1) is 18.5. The zero-order valence-electron chi connectivity index (χ0n) is 20.7. The lowest BCUT2D eigenvalue weighted by molar-refractivity contribution is 0.208. The van der Waals surface area contributed by atoms with Crippen LogP contribution in [0.3, 0.4) is 0 Å². The fraction of sp³-hybridized carbons (Fsp3) is 0.321. The number of nitrogens with one attached hydrogen (secondary N) is 2. The monoisotopic (exact) mass is 518 g/mol. The van der Waals surface area contributed by atoms with Gasteiger partial charge in [0.15, 0.2) is 17.0 Å². The van der Waals surface area contributed by atoms with E-state index in [2.05, 4.69) is 20.6 Å². The van der Waals surface area contributed by atoms with E-state index in [1.165, 1.54) is 0 Å². The van der Waals surface area contributed by atoms with Crippen LogP contribution in [0, 0.1) is 17.6 Å². The molecule has 0 bridgehead atoms. The van der Waals surface area contributed by atoms with Gasteiger partial charge in [0, 0.05) is 43.4 Å². The molecule has 6 rings (SSSR count). The number of nitrogens with zero attached hydrogens (tertiary/aromatic N) is 3. The third-order valence-corrected chi connectivity index (χ3v) is 7.71. The van der Waals surface area contributed by atoms with Crippen LogP contribution in [0.5, 0.6) is 5.75 Å². The summed E-state index contributed by atoms with van der Waals surface area (Å²) < 4.78 is 36.0. The highest BCUT2D eigenvalue weighted by molar-refractivity contribution is 5.86. The van der Waals surface area contributed by atoms with Gasteiger partial charge in [-0.1, -0.05) is 6.07 Å². The Morgan fingerprint density at radius 3 is 2.79 bits per heavy atom. The normalized spacial score (nSPS) is 18.6. The van der Waals surface area contributed by atoms with Crippen LogP contribution in [0.1, 0.15) is 29.5 Å². The van der Waals surface area contributed by atoms with Gasteiger partial charge >= 0.3 is 0 Å². The highest BCUT2D eigenvalue weighted by atomic mass is 19.2. The topological polar surface area (TPSA) is 107 Å². The lowest BCUT2D eigenvalue weighted by Crippen LogP contribution is -2.54. The average molecular weight is 519 g/mol. The molecule has 0 aliphatic carbocycles. The standard InChI is InChI=1S/C28H28F2N6O2/c29-22-12-21-25-27(24(22)30)38-11-10-36(25)16-17(26(21)37)13-35-28(18-5-8-32-9-6-18,19-2-1-7-33-14-19)20-3-4-23(31)34-15-20/h3-6,8-9,12,15-16,19,33,35H,1-2,7,10-11,13-14H2,(H2,31,34)/t19-,28-/m1/s1. The summed E-state index contributed by atoms with van der Waals surface area (Å²) in [6, 6.07) is 8.64. The number of hydrogen-bond donors (Lipinski definition) is 3. The van der Waals surface area contributed by atoms with E-state index in [1.807, 2.05) is 18.2 Å². The van der Waals surface area contributed by atoms with Crippen LogP contribution in [0.2, 0.25) is 0 Å². The first-order valence-electron chi connectivity index (χ1n) is 12.7. The Labute approximate surface area is 217 Å². The van der Waals surface area contributed by atoms with Crippen molar-refractivity contribution in [2.24, 2.45) is 5.92 Å². The minimum Gasteiger partial charge on any atom is -0.486 e. The van der Waals surface area contributed by atoms with Crippen molar-refractivity contribution in [2.75, 3.05) is 25.4 Å². The van der Waals surface area contributed by atoms with Crippen molar-refractivity contribution >= 4 is 16.7 Å². The fourth-order valence-corrected chi connectivity index (χ4v) is 5.91. The van der Waals surface area contributed by atoms with Gasteiger partial charge in [0.2, 0.25) is 5.82 Å². The first-order valence-corrected chi connectivity index (χ1v) is 12.7. The predicted octanol–water partition coefficient (Wildman–Crippen LogP) is 3.08. The molecule has 5 heterocycles. The SMILES string of the molecule is Nc1ccc([C@@](NCc2cn3c4c(c(F)c(F)cc4c2=O)OCC3)(c2ccncc2)[C@@H]2CCCNC2)cn1. The summed E-state index contributed by atoms with van der Waals surface area (Å²) in [6.07, 6.45) is 8.94. The highest BCUT2D eigenvalue weighted by Gasteiger charge is 2.42. The predicted molar refractivity (Wildman–Crippen MR) is 140 cm³/mol. The lowest BCUT2D eigenvalue weighted by Gasteiger charge is -2.44. The smallest absolute Gasteiger partial charge is 0.202 e. The average Bonchev–Trinajstić information content (AvgIpc) is 2.96. The van der Waals surface area contributed by atoms with Gasteiger partial charge in [0.1, 0.15) is 12.4 Å². The molecule has 1 saturated heterocycles. The number of nitrogen functional groups attached to an aromatic ring is 1. The summed E-state index contributed by atoms with van der Waals surface area (Å²) in [5.74, 6) is -1.85. The molecule has 38 heavy (non-hydrogen) atoms. The molecule has 0 spiro atoms. The Bertz CT molecular complexity index is 1540. The van der Waals surface area contributed by atoms with Gasteiger partial charge in [-0.15, -0.1) is 0 Å². The van der Waals surface area contributed by atoms with E-state index >= 15 is 0 Å². The summed E-state index contributed by atoms with van der Waals surface area (Å²) in [6.45, 7) is 2.49. The molecule has 2 atom stereocenters. The number of hydrogen-bond acceptors (Lipinski definition) is 7. The van der Waals surface area contributed by atoms with Crippen molar-refractivity contribution in [3.05, 3.63) is 93.7 Å². The Hall–Kier alpha value is -3.89. The number of nitrogens with two attached hydrogens (primary N) is 1. The first kappa shape index (κ1) is 24.4. The van der Waals surface area contributed by atoms with E-state index in [-0.39, 0.29) is 41.2 Å². The number of halogens is 2.